The minimum Gasteiger partial charge on any atom is -0.459 e. The van der Waals surface area contributed by atoms with E-state index in [-0.39, 0.29) is 12.1 Å². The molecule has 0 saturated carbocycles. The Labute approximate surface area is 112 Å². The van der Waals surface area contributed by atoms with Gasteiger partial charge in [-0.05, 0) is 54.4 Å². The van der Waals surface area contributed by atoms with Gasteiger partial charge < -0.3 is 4.74 Å². The average molecular weight is 314 g/mol. The first kappa shape index (κ1) is 12.5. The van der Waals surface area contributed by atoms with E-state index < -0.39 is 0 Å². The molecule has 90 valence electrons. The summed E-state index contributed by atoms with van der Waals surface area (Å²) in [6.07, 6.45) is -0.105. The highest BCUT2D eigenvalue weighted by Gasteiger charge is 2.13. The third-order valence-corrected chi connectivity index (χ3v) is 3.69. The number of hydrogen-bond acceptors (Lipinski definition) is 4. The highest BCUT2D eigenvalue weighted by atomic mass is 79.9. The highest BCUT2D eigenvalue weighted by Crippen LogP contribution is 2.29. The normalized spacial score (nSPS) is 11.1. The van der Waals surface area contributed by atoms with Crippen LogP contribution in [0.5, 0.6) is 0 Å². The molecule has 0 aliphatic heterocycles. The summed E-state index contributed by atoms with van der Waals surface area (Å²) in [5.74, 6) is -0.283. The van der Waals surface area contributed by atoms with Crippen LogP contribution in [0.15, 0.2) is 16.0 Å². The van der Waals surface area contributed by atoms with Crippen molar-refractivity contribution in [3.63, 3.8) is 0 Å². The lowest BCUT2D eigenvalue weighted by Crippen LogP contribution is -2.11. The summed E-state index contributed by atoms with van der Waals surface area (Å²) < 4.78 is 7.00. The van der Waals surface area contributed by atoms with Gasteiger partial charge in [0.1, 0.15) is 0 Å². The van der Waals surface area contributed by atoms with E-state index in [0.29, 0.717) is 5.56 Å². The van der Waals surface area contributed by atoms with Crippen LogP contribution < -0.4 is 0 Å². The summed E-state index contributed by atoms with van der Waals surface area (Å²) >= 11 is 4.87. The molecule has 0 unspecified atom stereocenters. The second-order valence-electron chi connectivity index (χ2n) is 4.06. The molecule has 17 heavy (non-hydrogen) atoms. The van der Waals surface area contributed by atoms with E-state index in [0.717, 1.165) is 19.7 Å². The lowest BCUT2D eigenvalue weighted by Gasteiger charge is -2.08. The number of aryl methyl sites for hydroxylation is 1. The third-order valence-electron chi connectivity index (χ3n) is 2.24. The maximum absolute atomic E-state index is 11.8. The molecule has 1 heterocycles. The Bertz CT molecular complexity index is 577. The number of thiazole rings is 1. The Kier molecular flexibility index (Phi) is 3.49. The SMILES string of the molecule is Cc1cc(C(=O)OC(C)C)cc2sc(Br)nc12. The van der Waals surface area contributed by atoms with Gasteiger partial charge in [-0.2, -0.15) is 0 Å². The second-order valence-corrected chi connectivity index (χ2v) is 6.37. The molecule has 0 aliphatic carbocycles. The number of esters is 1. The van der Waals surface area contributed by atoms with Gasteiger partial charge in [-0.15, -0.1) is 11.3 Å². The number of halogens is 1. The van der Waals surface area contributed by atoms with Gasteiger partial charge in [0.2, 0.25) is 0 Å². The molecule has 0 atom stereocenters. The number of nitrogens with zero attached hydrogens (tertiary/aromatic N) is 1. The molecule has 0 saturated heterocycles. The number of carbonyl (C=O) groups is 1. The predicted octanol–water partition coefficient (Wildman–Crippen LogP) is 3.93. The molecule has 0 bridgehead atoms. The number of ether oxygens (including phenoxy) is 1. The van der Waals surface area contributed by atoms with Crippen molar-refractivity contribution in [2.45, 2.75) is 26.9 Å². The first-order chi connectivity index (χ1) is 7.97. The molecule has 0 amide bonds. The summed E-state index contributed by atoms with van der Waals surface area (Å²) in [6.45, 7) is 5.62. The molecule has 2 aromatic rings. The number of hydrogen-bond donors (Lipinski definition) is 0. The van der Waals surface area contributed by atoms with Crippen molar-refractivity contribution in [2.24, 2.45) is 0 Å². The van der Waals surface area contributed by atoms with Crippen molar-refractivity contribution in [3.05, 3.63) is 27.2 Å². The summed E-state index contributed by atoms with van der Waals surface area (Å²) in [6, 6.07) is 3.65. The zero-order chi connectivity index (χ0) is 12.6. The molecule has 0 N–H and O–H groups in total. The van der Waals surface area contributed by atoms with Crippen LogP contribution in [-0.4, -0.2) is 17.1 Å². The Morgan fingerprint density at radius 1 is 1.47 bits per heavy atom. The van der Waals surface area contributed by atoms with Gasteiger partial charge >= 0.3 is 5.97 Å². The Hall–Kier alpha value is -0.940. The van der Waals surface area contributed by atoms with Gasteiger partial charge in [-0.3, -0.25) is 0 Å². The van der Waals surface area contributed by atoms with Gasteiger partial charge in [0.25, 0.3) is 0 Å². The van der Waals surface area contributed by atoms with Crippen LogP contribution in [0.4, 0.5) is 0 Å². The lowest BCUT2D eigenvalue weighted by molar-refractivity contribution is 0.0378. The largest absolute Gasteiger partial charge is 0.459 e. The molecular formula is C12H12BrNO2S. The van der Waals surface area contributed by atoms with Crippen molar-refractivity contribution in [1.29, 1.82) is 0 Å². The highest BCUT2D eigenvalue weighted by molar-refractivity contribution is 9.11. The summed E-state index contributed by atoms with van der Waals surface area (Å²) in [5.41, 5.74) is 2.50. The fourth-order valence-electron chi connectivity index (χ4n) is 1.57. The molecular weight excluding hydrogens is 302 g/mol. The minimum absolute atomic E-state index is 0.105. The van der Waals surface area contributed by atoms with Crippen molar-refractivity contribution >= 4 is 43.5 Å². The van der Waals surface area contributed by atoms with Gasteiger partial charge in [-0.25, -0.2) is 9.78 Å². The monoisotopic (exact) mass is 313 g/mol. The number of fused-ring (bicyclic) bond motifs is 1. The maximum atomic E-state index is 11.8. The van der Waals surface area contributed by atoms with Crippen LogP contribution in [0.2, 0.25) is 0 Å². The number of aromatic nitrogens is 1. The van der Waals surface area contributed by atoms with E-state index >= 15 is 0 Å². The van der Waals surface area contributed by atoms with Gasteiger partial charge in [-0.1, -0.05) is 0 Å². The molecule has 1 aromatic carbocycles. The van der Waals surface area contributed by atoms with E-state index in [4.69, 9.17) is 4.74 Å². The lowest BCUT2D eigenvalue weighted by atomic mass is 10.1. The smallest absolute Gasteiger partial charge is 0.338 e. The van der Waals surface area contributed by atoms with E-state index in [1.165, 1.54) is 11.3 Å². The zero-order valence-corrected chi connectivity index (χ0v) is 12.2. The fraction of sp³-hybridized carbons (Fsp3) is 0.333. The van der Waals surface area contributed by atoms with Crippen LogP contribution in [0.3, 0.4) is 0 Å². The molecule has 1 aromatic heterocycles. The van der Waals surface area contributed by atoms with Crippen molar-refractivity contribution in [3.8, 4) is 0 Å². The van der Waals surface area contributed by atoms with E-state index in [1.54, 1.807) is 0 Å². The molecule has 2 rings (SSSR count). The van der Waals surface area contributed by atoms with E-state index in [9.17, 15) is 4.79 Å². The molecule has 0 spiro atoms. The minimum atomic E-state index is -0.283. The first-order valence-electron chi connectivity index (χ1n) is 5.25. The molecule has 0 radical (unpaired) electrons. The first-order valence-corrected chi connectivity index (χ1v) is 6.86. The summed E-state index contributed by atoms with van der Waals surface area (Å²) in [7, 11) is 0. The molecule has 3 nitrogen and oxygen atoms in total. The predicted molar refractivity (Wildman–Crippen MR) is 72.6 cm³/mol. The third kappa shape index (κ3) is 2.66. The molecule has 0 aliphatic rings. The van der Waals surface area contributed by atoms with Crippen molar-refractivity contribution in [2.75, 3.05) is 0 Å². The summed E-state index contributed by atoms with van der Waals surface area (Å²) in [4.78, 5) is 16.2. The van der Waals surface area contributed by atoms with Crippen molar-refractivity contribution in [1.82, 2.24) is 4.98 Å². The van der Waals surface area contributed by atoms with Crippen LogP contribution in [0.1, 0.15) is 29.8 Å². The molecule has 0 fully saturated rings. The number of rotatable bonds is 2. The quantitative estimate of drug-likeness (QED) is 0.788. The number of benzene rings is 1. The zero-order valence-electron chi connectivity index (χ0n) is 9.78. The summed E-state index contributed by atoms with van der Waals surface area (Å²) in [5, 5.41) is 0. The molecule has 5 heteroatoms. The topological polar surface area (TPSA) is 39.2 Å². The maximum Gasteiger partial charge on any atom is 0.338 e. The fourth-order valence-corrected chi connectivity index (χ4v) is 3.08. The van der Waals surface area contributed by atoms with E-state index in [1.807, 2.05) is 32.9 Å². The van der Waals surface area contributed by atoms with Crippen molar-refractivity contribution < 1.29 is 9.53 Å². The Morgan fingerprint density at radius 2 is 2.18 bits per heavy atom. The average Bonchev–Trinajstić information content (AvgIpc) is 2.58. The van der Waals surface area contributed by atoms with Crippen LogP contribution in [0.25, 0.3) is 10.2 Å². The number of carbonyl (C=O) groups excluding carboxylic acids is 1. The van der Waals surface area contributed by atoms with Crippen LogP contribution >= 0.6 is 27.3 Å². The van der Waals surface area contributed by atoms with Crippen LogP contribution in [0, 0.1) is 6.92 Å². The Balaban J connectivity index is 2.46. The van der Waals surface area contributed by atoms with E-state index in [2.05, 4.69) is 20.9 Å². The van der Waals surface area contributed by atoms with Gasteiger partial charge in [0.05, 0.1) is 21.9 Å². The second kappa shape index (κ2) is 4.74. The van der Waals surface area contributed by atoms with Gasteiger partial charge in [0.15, 0.2) is 3.92 Å². The Morgan fingerprint density at radius 3 is 2.82 bits per heavy atom. The standard InChI is InChI=1S/C12H12BrNO2S/c1-6(2)16-11(15)8-4-7(3)10-9(5-8)17-12(13)14-10/h4-6H,1-3H3. The van der Waals surface area contributed by atoms with Gasteiger partial charge in [0, 0.05) is 0 Å². The van der Waals surface area contributed by atoms with Crippen LogP contribution in [-0.2, 0) is 4.74 Å².